The normalized spacial score (nSPS) is 20.4. The van der Waals surface area contributed by atoms with Gasteiger partial charge in [0.2, 0.25) is 5.95 Å². The molecule has 0 saturated carbocycles. The molecule has 2 aliphatic heterocycles. The molecule has 0 aliphatic carbocycles. The Morgan fingerprint density at radius 3 is 2.31 bits per heavy atom. The maximum absolute atomic E-state index is 12.3. The third kappa shape index (κ3) is 9.07. The summed E-state index contributed by atoms with van der Waals surface area (Å²) < 4.78 is 18.2. The summed E-state index contributed by atoms with van der Waals surface area (Å²) >= 11 is 0. The summed E-state index contributed by atoms with van der Waals surface area (Å²) in [5.41, 5.74) is 5.82. The summed E-state index contributed by atoms with van der Waals surface area (Å²) in [5, 5.41) is 12.4. The Kier molecular flexibility index (Phi) is 11.3. The molecular formula is C38H43N5O6. The highest BCUT2D eigenvalue weighted by Crippen LogP contribution is 2.39. The van der Waals surface area contributed by atoms with Crippen LogP contribution in [0.2, 0.25) is 0 Å². The Hall–Kier alpha value is -4.68. The first kappa shape index (κ1) is 34.2. The first-order valence-corrected chi connectivity index (χ1v) is 16.7. The van der Waals surface area contributed by atoms with Crippen molar-refractivity contribution in [2.45, 2.75) is 58.0 Å². The number of aliphatic hydroxyl groups excluding tert-OH is 1. The van der Waals surface area contributed by atoms with Crippen molar-refractivity contribution in [3.63, 3.8) is 0 Å². The summed E-state index contributed by atoms with van der Waals surface area (Å²) in [6.07, 6.45) is 2.67. The molecule has 256 valence electrons. The van der Waals surface area contributed by atoms with Gasteiger partial charge in [-0.1, -0.05) is 66.7 Å². The van der Waals surface area contributed by atoms with Crippen LogP contribution in [-0.4, -0.2) is 76.8 Å². The van der Waals surface area contributed by atoms with Crippen molar-refractivity contribution >= 4 is 17.8 Å². The molecule has 3 aromatic carbocycles. The van der Waals surface area contributed by atoms with Gasteiger partial charge in [-0.25, -0.2) is 9.97 Å². The summed E-state index contributed by atoms with van der Waals surface area (Å²) in [5.74, 6) is -0.0699. The molecule has 1 aromatic heterocycles. The second-order valence-electron chi connectivity index (χ2n) is 12.5. The molecule has 4 aromatic rings. The fourth-order valence-electron chi connectivity index (χ4n) is 6.23. The summed E-state index contributed by atoms with van der Waals surface area (Å²) in [6, 6.07) is 25.9. The van der Waals surface area contributed by atoms with Crippen LogP contribution in [0.15, 0.2) is 91.3 Å². The number of carbonyl (C=O) groups is 2. The predicted octanol–water partition coefficient (Wildman–Crippen LogP) is 4.57. The number of aliphatic hydroxyl groups is 1. The average Bonchev–Trinajstić information content (AvgIpc) is 3.14. The largest absolute Gasteiger partial charge is 0.453 e. The van der Waals surface area contributed by atoms with Crippen LogP contribution in [0.5, 0.6) is 0 Å². The molecule has 0 unspecified atom stereocenters. The van der Waals surface area contributed by atoms with Crippen LogP contribution in [0.25, 0.3) is 11.1 Å². The van der Waals surface area contributed by atoms with Crippen LogP contribution in [0.3, 0.4) is 0 Å². The third-order valence-corrected chi connectivity index (χ3v) is 8.91. The molecule has 2 aliphatic rings. The van der Waals surface area contributed by atoms with Crippen LogP contribution in [-0.2, 0) is 37.0 Å². The second-order valence-corrected chi connectivity index (χ2v) is 12.5. The SMILES string of the molecule is CC(=O)O[C@@H](C)C(=O)NCc1cccc(-c2ccc([C@@H]3O[C@H](CN4CCN(c5ncccn5)CC4)C[C@H](c4ccc(CO)cc4)O3)cc2)c1. The summed E-state index contributed by atoms with van der Waals surface area (Å²) in [7, 11) is 0. The predicted molar refractivity (Wildman–Crippen MR) is 184 cm³/mol. The number of rotatable bonds is 11. The minimum absolute atomic E-state index is 0.000650. The maximum atomic E-state index is 12.3. The number of piperazine rings is 1. The smallest absolute Gasteiger partial charge is 0.303 e. The number of ether oxygens (including phenoxy) is 3. The van der Waals surface area contributed by atoms with E-state index >= 15 is 0 Å². The first-order valence-electron chi connectivity index (χ1n) is 16.7. The fourth-order valence-corrected chi connectivity index (χ4v) is 6.23. The lowest BCUT2D eigenvalue weighted by molar-refractivity contribution is -0.253. The molecular weight excluding hydrogens is 622 g/mol. The molecule has 2 saturated heterocycles. The first-order chi connectivity index (χ1) is 23.8. The van der Waals surface area contributed by atoms with Crippen molar-refractivity contribution in [3.05, 3.63) is 114 Å². The van der Waals surface area contributed by atoms with Crippen LogP contribution in [0.1, 0.15) is 54.9 Å². The molecule has 4 atom stereocenters. The van der Waals surface area contributed by atoms with Crippen molar-refractivity contribution in [1.82, 2.24) is 20.2 Å². The lowest BCUT2D eigenvalue weighted by atomic mass is 9.98. The van der Waals surface area contributed by atoms with Crippen molar-refractivity contribution < 1.29 is 28.9 Å². The van der Waals surface area contributed by atoms with Gasteiger partial charge in [-0.05, 0) is 46.9 Å². The molecule has 0 radical (unpaired) electrons. The molecule has 2 fully saturated rings. The van der Waals surface area contributed by atoms with Gasteiger partial charge in [0.15, 0.2) is 12.4 Å². The van der Waals surface area contributed by atoms with E-state index in [1.54, 1.807) is 19.3 Å². The van der Waals surface area contributed by atoms with Gasteiger partial charge in [0.25, 0.3) is 5.91 Å². The van der Waals surface area contributed by atoms with E-state index in [0.717, 1.165) is 78.5 Å². The number of anilines is 1. The molecule has 11 nitrogen and oxygen atoms in total. The Labute approximate surface area is 286 Å². The Morgan fingerprint density at radius 2 is 1.61 bits per heavy atom. The lowest BCUT2D eigenvalue weighted by Gasteiger charge is -2.40. The molecule has 2 N–H and O–H groups in total. The molecule has 0 spiro atoms. The summed E-state index contributed by atoms with van der Waals surface area (Å²) in [6.45, 7) is 7.42. The summed E-state index contributed by atoms with van der Waals surface area (Å²) in [4.78, 5) is 37.0. The van der Waals surface area contributed by atoms with E-state index in [1.165, 1.54) is 6.92 Å². The van der Waals surface area contributed by atoms with E-state index in [4.69, 9.17) is 14.2 Å². The van der Waals surface area contributed by atoms with E-state index in [-0.39, 0.29) is 24.7 Å². The minimum Gasteiger partial charge on any atom is -0.453 e. The van der Waals surface area contributed by atoms with Crippen molar-refractivity contribution in [2.24, 2.45) is 0 Å². The van der Waals surface area contributed by atoms with Gasteiger partial charge in [-0.2, -0.15) is 0 Å². The number of carbonyl (C=O) groups excluding carboxylic acids is 2. The van der Waals surface area contributed by atoms with Crippen LogP contribution in [0.4, 0.5) is 5.95 Å². The van der Waals surface area contributed by atoms with Crippen LogP contribution in [0, 0.1) is 0 Å². The van der Waals surface area contributed by atoms with Crippen LogP contribution >= 0.6 is 0 Å². The molecule has 49 heavy (non-hydrogen) atoms. The van der Waals surface area contributed by atoms with E-state index in [1.807, 2.05) is 66.7 Å². The molecule has 6 rings (SSSR count). The zero-order valence-corrected chi connectivity index (χ0v) is 27.9. The van der Waals surface area contributed by atoms with Gasteiger partial charge in [0.1, 0.15) is 0 Å². The van der Waals surface area contributed by atoms with Crippen molar-refractivity contribution in [1.29, 1.82) is 0 Å². The van der Waals surface area contributed by atoms with Gasteiger partial charge in [0, 0.05) is 70.6 Å². The topological polar surface area (TPSA) is 126 Å². The zero-order chi connectivity index (χ0) is 34.2. The standard InChI is InChI=1S/C38H43N5O6/c1-26(47-27(2)45)36(46)41-23-29-5-3-6-33(21-29)30-11-13-32(14-12-30)37-48-34(22-35(49-37)31-9-7-28(25-44)8-10-31)24-42-17-19-43(20-18-42)38-39-15-4-16-40-38/h3-16,21,26,34-35,37,44H,17-20,22-25H2,1-2H3,(H,41,46)/t26-,34-,35+,37+/m0/s1. The Balaban J connectivity index is 1.13. The minimum atomic E-state index is -0.850. The van der Waals surface area contributed by atoms with Gasteiger partial charge < -0.3 is 29.5 Å². The van der Waals surface area contributed by atoms with E-state index in [0.29, 0.717) is 6.54 Å². The number of esters is 1. The van der Waals surface area contributed by atoms with Gasteiger partial charge in [-0.3, -0.25) is 14.5 Å². The quantitative estimate of drug-likeness (QED) is 0.220. The van der Waals surface area contributed by atoms with Gasteiger partial charge in [-0.15, -0.1) is 0 Å². The lowest BCUT2D eigenvalue weighted by Crippen LogP contribution is -2.50. The number of amides is 1. The number of nitrogens with one attached hydrogen (secondary N) is 1. The number of hydrogen-bond donors (Lipinski definition) is 2. The highest BCUT2D eigenvalue weighted by molar-refractivity contribution is 5.82. The highest BCUT2D eigenvalue weighted by Gasteiger charge is 2.34. The Bertz CT molecular complexity index is 1680. The maximum Gasteiger partial charge on any atom is 0.303 e. The molecule has 3 heterocycles. The number of nitrogens with zero attached hydrogens (tertiary/aromatic N) is 4. The van der Waals surface area contributed by atoms with Gasteiger partial charge in [0.05, 0.1) is 18.8 Å². The third-order valence-electron chi connectivity index (χ3n) is 8.91. The Morgan fingerprint density at radius 1 is 0.898 bits per heavy atom. The van der Waals surface area contributed by atoms with Crippen LogP contribution < -0.4 is 10.2 Å². The second kappa shape index (κ2) is 16.1. The highest BCUT2D eigenvalue weighted by atomic mass is 16.7. The molecule has 11 heteroatoms. The van der Waals surface area contributed by atoms with Crippen molar-refractivity contribution in [2.75, 3.05) is 37.6 Å². The van der Waals surface area contributed by atoms with Gasteiger partial charge >= 0.3 is 5.97 Å². The zero-order valence-electron chi connectivity index (χ0n) is 27.9. The molecule has 1 amide bonds. The number of benzene rings is 3. The van der Waals surface area contributed by atoms with E-state index in [9.17, 15) is 14.7 Å². The number of aromatic nitrogens is 2. The average molecular weight is 666 g/mol. The molecule has 0 bridgehead atoms. The fraction of sp³-hybridized carbons (Fsp3) is 0.368. The van der Waals surface area contributed by atoms with Crippen molar-refractivity contribution in [3.8, 4) is 11.1 Å². The monoisotopic (exact) mass is 665 g/mol. The number of hydrogen-bond acceptors (Lipinski definition) is 10. The van der Waals surface area contributed by atoms with E-state index in [2.05, 4.69) is 37.2 Å². The van der Waals surface area contributed by atoms with E-state index < -0.39 is 18.4 Å².